The Bertz CT molecular complexity index is 946. The van der Waals surface area contributed by atoms with Gasteiger partial charge in [0.1, 0.15) is 5.75 Å². The van der Waals surface area contributed by atoms with Crippen molar-refractivity contribution < 1.29 is 18.8 Å². The fourth-order valence-corrected chi connectivity index (χ4v) is 2.25. The van der Waals surface area contributed by atoms with E-state index in [-0.39, 0.29) is 28.6 Å². The van der Waals surface area contributed by atoms with Crippen LogP contribution < -0.4 is 15.2 Å². The number of nitro groups is 1. The number of halogens is 1. The molecule has 2 N–H and O–H groups in total. The molecule has 0 radical (unpaired) electrons. The highest BCUT2D eigenvalue weighted by atomic mass is 19.1. The molecular weight excluding hydrogens is 317 g/mol. The van der Waals surface area contributed by atoms with E-state index in [1.807, 2.05) is 0 Å². The topological polar surface area (TPSA) is 101 Å². The molecule has 3 aromatic rings. The number of hydrogen-bond donors (Lipinski definition) is 1. The van der Waals surface area contributed by atoms with Crippen LogP contribution in [0.3, 0.4) is 0 Å². The van der Waals surface area contributed by atoms with E-state index >= 15 is 0 Å². The fraction of sp³-hybridized carbons (Fsp3) is 0.0625. The molecule has 0 unspecified atom stereocenters. The number of anilines is 1. The number of fused-ring (bicyclic) bond motifs is 1. The van der Waals surface area contributed by atoms with Crippen molar-refractivity contribution >= 4 is 22.3 Å². The second-order valence-electron chi connectivity index (χ2n) is 4.90. The van der Waals surface area contributed by atoms with Gasteiger partial charge in [0, 0.05) is 30.1 Å². The first-order valence-electron chi connectivity index (χ1n) is 6.83. The van der Waals surface area contributed by atoms with Gasteiger partial charge in [-0.3, -0.25) is 15.1 Å². The van der Waals surface area contributed by atoms with Crippen LogP contribution in [-0.4, -0.2) is 17.0 Å². The van der Waals surface area contributed by atoms with E-state index in [9.17, 15) is 14.5 Å². The Kier molecular flexibility index (Phi) is 3.87. The molecule has 2 aromatic carbocycles. The van der Waals surface area contributed by atoms with Crippen LogP contribution in [0.2, 0.25) is 0 Å². The van der Waals surface area contributed by atoms with E-state index in [0.29, 0.717) is 10.9 Å². The van der Waals surface area contributed by atoms with Gasteiger partial charge < -0.3 is 15.2 Å². The minimum Gasteiger partial charge on any atom is -0.490 e. The van der Waals surface area contributed by atoms with E-state index in [1.165, 1.54) is 43.6 Å². The van der Waals surface area contributed by atoms with E-state index in [2.05, 4.69) is 4.98 Å². The number of nitrogen functional groups attached to an aromatic ring is 1. The Morgan fingerprint density at radius 3 is 2.62 bits per heavy atom. The third kappa shape index (κ3) is 2.76. The van der Waals surface area contributed by atoms with Gasteiger partial charge in [0.25, 0.3) is 0 Å². The molecule has 0 saturated carbocycles. The van der Waals surface area contributed by atoms with Gasteiger partial charge in [-0.1, -0.05) is 0 Å². The first-order valence-corrected chi connectivity index (χ1v) is 6.83. The minimum absolute atomic E-state index is 0.0461. The monoisotopic (exact) mass is 329 g/mol. The Hall–Kier alpha value is -3.42. The average molecular weight is 329 g/mol. The molecule has 0 atom stereocenters. The fourth-order valence-electron chi connectivity index (χ4n) is 2.25. The van der Waals surface area contributed by atoms with Crippen molar-refractivity contribution in [3.8, 4) is 17.2 Å². The zero-order chi connectivity index (χ0) is 17.3. The first-order chi connectivity index (χ1) is 11.5. The molecule has 0 aliphatic heterocycles. The van der Waals surface area contributed by atoms with Crippen molar-refractivity contribution in [2.75, 3.05) is 12.8 Å². The molecule has 0 saturated heterocycles. The summed E-state index contributed by atoms with van der Waals surface area (Å²) in [4.78, 5) is 14.7. The van der Waals surface area contributed by atoms with E-state index < -0.39 is 10.7 Å². The number of hydrogen-bond acceptors (Lipinski definition) is 6. The zero-order valence-corrected chi connectivity index (χ0v) is 12.5. The summed E-state index contributed by atoms with van der Waals surface area (Å²) >= 11 is 0. The largest absolute Gasteiger partial charge is 0.490 e. The lowest BCUT2D eigenvalue weighted by Crippen LogP contribution is -1.96. The van der Waals surface area contributed by atoms with Gasteiger partial charge in [-0.25, -0.2) is 4.39 Å². The Morgan fingerprint density at radius 1 is 1.17 bits per heavy atom. The molecule has 0 aliphatic carbocycles. The summed E-state index contributed by atoms with van der Waals surface area (Å²) in [5, 5.41) is 11.5. The molecule has 0 aliphatic rings. The minimum atomic E-state index is -0.636. The van der Waals surface area contributed by atoms with E-state index in [0.717, 1.165) is 6.07 Å². The van der Waals surface area contributed by atoms with Gasteiger partial charge in [0.15, 0.2) is 17.3 Å². The Labute approximate surface area is 135 Å². The molecule has 0 fully saturated rings. The van der Waals surface area contributed by atoms with Gasteiger partial charge in [-0.2, -0.15) is 0 Å². The van der Waals surface area contributed by atoms with Crippen molar-refractivity contribution in [1.82, 2.24) is 4.98 Å². The Balaban J connectivity index is 2.14. The summed E-state index contributed by atoms with van der Waals surface area (Å²) in [6, 6.07) is 8.21. The van der Waals surface area contributed by atoms with Gasteiger partial charge >= 0.3 is 5.69 Å². The third-order valence-electron chi connectivity index (χ3n) is 3.37. The molecule has 24 heavy (non-hydrogen) atoms. The molecule has 7 nitrogen and oxygen atoms in total. The Morgan fingerprint density at radius 2 is 1.96 bits per heavy atom. The van der Waals surface area contributed by atoms with Crippen molar-refractivity contribution in [3.63, 3.8) is 0 Å². The molecule has 1 heterocycles. The molecule has 0 amide bonds. The van der Waals surface area contributed by atoms with Crippen LogP contribution in [0, 0.1) is 15.9 Å². The smallest absolute Gasteiger partial charge is 0.311 e. The molecular formula is C16H12FN3O4. The van der Waals surface area contributed by atoms with Gasteiger partial charge in [-0.15, -0.1) is 0 Å². The van der Waals surface area contributed by atoms with Crippen LogP contribution in [0.25, 0.3) is 10.9 Å². The maximum Gasteiger partial charge on any atom is 0.311 e. The molecule has 0 bridgehead atoms. The second kappa shape index (κ2) is 5.99. The summed E-state index contributed by atoms with van der Waals surface area (Å²) < 4.78 is 24.5. The van der Waals surface area contributed by atoms with E-state index in [1.54, 1.807) is 0 Å². The lowest BCUT2D eigenvalue weighted by atomic mass is 10.1. The van der Waals surface area contributed by atoms with Crippen molar-refractivity contribution in [2.24, 2.45) is 0 Å². The number of benzene rings is 2. The summed E-state index contributed by atoms with van der Waals surface area (Å²) in [6.07, 6.45) is 1.46. The average Bonchev–Trinajstić information content (AvgIpc) is 2.56. The standard InChI is InChI=1S/C16H12FN3O4/c1-23-16-8-12-10(7-13(16)20(21)22)14(4-5-19-12)24-15-3-2-9(18)6-11(15)17/h2-8H,18H2,1H3. The SMILES string of the molecule is COc1cc2nccc(Oc3ccc(N)cc3F)c2cc1[N+](=O)[O-]. The van der Waals surface area contributed by atoms with E-state index in [4.69, 9.17) is 15.2 Å². The molecule has 122 valence electrons. The maximum absolute atomic E-state index is 13.9. The third-order valence-corrected chi connectivity index (χ3v) is 3.37. The van der Waals surface area contributed by atoms with Gasteiger partial charge in [-0.05, 0) is 18.2 Å². The van der Waals surface area contributed by atoms with Gasteiger partial charge in [0.05, 0.1) is 22.9 Å². The highest BCUT2D eigenvalue weighted by molar-refractivity contribution is 5.89. The normalized spacial score (nSPS) is 10.6. The number of nitro benzene ring substituents is 1. The lowest BCUT2D eigenvalue weighted by molar-refractivity contribution is -0.385. The number of nitrogens with zero attached hydrogens (tertiary/aromatic N) is 2. The van der Waals surface area contributed by atoms with Crippen LogP contribution in [0.5, 0.6) is 17.2 Å². The van der Waals surface area contributed by atoms with Gasteiger partial charge in [0.2, 0.25) is 0 Å². The lowest BCUT2D eigenvalue weighted by Gasteiger charge is -2.10. The number of ether oxygens (including phenoxy) is 2. The predicted octanol–water partition coefficient (Wildman–Crippen LogP) is 3.67. The first kappa shape index (κ1) is 15.5. The van der Waals surface area contributed by atoms with Crippen molar-refractivity contribution in [3.05, 3.63) is 58.5 Å². The van der Waals surface area contributed by atoms with Crippen LogP contribution in [0.1, 0.15) is 0 Å². The zero-order valence-electron chi connectivity index (χ0n) is 12.5. The number of nitrogens with two attached hydrogens (primary N) is 1. The summed E-state index contributed by atoms with van der Waals surface area (Å²) in [5.41, 5.74) is 5.95. The molecule has 0 spiro atoms. The molecule has 3 rings (SSSR count). The predicted molar refractivity (Wildman–Crippen MR) is 85.8 cm³/mol. The summed E-state index contributed by atoms with van der Waals surface area (Å²) in [7, 11) is 1.33. The van der Waals surface area contributed by atoms with Crippen molar-refractivity contribution in [2.45, 2.75) is 0 Å². The maximum atomic E-state index is 13.9. The van der Waals surface area contributed by atoms with Crippen LogP contribution in [0.15, 0.2) is 42.6 Å². The van der Waals surface area contributed by atoms with Crippen LogP contribution in [-0.2, 0) is 0 Å². The highest BCUT2D eigenvalue weighted by Gasteiger charge is 2.19. The number of pyridine rings is 1. The quantitative estimate of drug-likeness (QED) is 0.445. The van der Waals surface area contributed by atoms with Crippen LogP contribution >= 0.6 is 0 Å². The highest BCUT2D eigenvalue weighted by Crippen LogP contribution is 2.37. The van der Waals surface area contributed by atoms with Crippen LogP contribution in [0.4, 0.5) is 15.8 Å². The second-order valence-corrected chi connectivity index (χ2v) is 4.90. The molecule has 1 aromatic heterocycles. The summed E-state index contributed by atoms with van der Waals surface area (Å²) in [5.74, 6) is -0.372. The number of methoxy groups -OCH3 is 1. The molecule has 8 heteroatoms. The number of rotatable bonds is 4. The number of aromatic nitrogens is 1. The summed E-state index contributed by atoms with van der Waals surface area (Å²) in [6.45, 7) is 0. The van der Waals surface area contributed by atoms with Crippen molar-refractivity contribution in [1.29, 1.82) is 0 Å².